The molecular weight excluding hydrogens is 302 g/mol. The third-order valence-corrected chi connectivity index (χ3v) is 3.70. The molecule has 0 radical (unpaired) electrons. The zero-order valence-corrected chi connectivity index (χ0v) is 12.6. The Morgan fingerprint density at radius 3 is 2.87 bits per heavy atom. The molecule has 0 saturated carbocycles. The quantitative estimate of drug-likeness (QED) is 0.716. The van der Waals surface area contributed by atoms with Crippen LogP contribution in [-0.4, -0.2) is 56.0 Å². The number of nitrogens with zero attached hydrogens (tertiary/aromatic N) is 1. The lowest BCUT2D eigenvalue weighted by molar-refractivity contribution is -0.117. The van der Waals surface area contributed by atoms with Crippen molar-refractivity contribution in [1.29, 1.82) is 0 Å². The Morgan fingerprint density at radius 2 is 2.09 bits per heavy atom. The molecule has 8 heteroatoms. The van der Waals surface area contributed by atoms with Gasteiger partial charge in [-0.1, -0.05) is 0 Å². The smallest absolute Gasteiger partial charge is 0.315 e. The molecule has 1 aromatic carbocycles. The number of ether oxygens (including phenoxy) is 2. The minimum Gasteiger partial charge on any atom is -0.486 e. The summed E-state index contributed by atoms with van der Waals surface area (Å²) in [4.78, 5) is 25.4. The van der Waals surface area contributed by atoms with Crippen molar-refractivity contribution in [2.45, 2.75) is 12.5 Å². The average molecular weight is 321 g/mol. The molecule has 3 amide bonds. The van der Waals surface area contributed by atoms with E-state index in [0.717, 1.165) is 5.69 Å². The maximum absolute atomic E-state index is 12.2. The number of urea groups is 1. The number of carbonyl (C=O) groups is 2. The first-order valence-corrected chi connectivity index (χ1v) is 7.52. The SMILES string of the molecule is O=C(NCCO)N[C@@H]1CC(=O)N(c2ccc3c(c2)OCCO3)C1. The Hall–Kier alpha value is -2.48. The normalized spacial score (nSPS) is 19.6. The fourth-order valence-electron chi connectivity index (χ4n) is 2.66. The number of rotatable bonds is 4. The van der Waals surface area contributed by atoms with Gasteiger partial charge in [0.05, 0.1) is 12.6 Å². The third kappa shape index (κ3) is 3.48. The molecule has 1 fully saturated rings. The second-order valence-corrected chi connectivity index (χ2v) is 5.36. The number of anilines is 1. The molecule has 124 valence electrons. The van der Waals surface area contributed by atoms with Crippen molar-refractivity contribution < 1.29 is 24.2 Å². The van der Waals surface area contributed by atoms with Crippen molar-refractivity contribution in [3.8, 4) is 11.5 Å². The van der Waals surface area contributed by atoms with E-state index in [2.05, 4.69) is 10.6 Å². The highest BCUT2D eigenvalue weighted by Gasteiger charge is 2.32. The molecule has 0 aromatic heterocycles. The summed E-state index contributed by atoms with van der Waals surface area (Å²) in [6, 6.07) is 4.71. The van der Waals surface area contributed by atoms with E-state index in [9.17, 15) is 9.59 Å². The number of amides is 3. The van der Waals surface area contributed by atoms with Gasteiger partial charge >= 0.3 is 6.03 Å². The van der Waals surface area contributed by atoms with E-state index in [-0.39, 0.29) is 37.6 Å². The summed E-state index contributed by atoms with van der Waals surface area (Å²) in [6.45, 7) is 1.45. The van der Waals surface area contributed by atoms with Crippen LogP contribution in [0.1, 0.15) is 6.42 Å². The number of fused-ring (bicyclic) bond motifs is 1. The summed E-state index contributed by atoms with van der Waals surface area (Å²) in [5.74, 6) is 1.23. The van der Waals surface area contributed by atoms with Crippen molar-refractivity contribution in [3.63, 3.8) is 0 Å². The van der Waals surface area contributed by atoms with E-state index in [1.54, 1.807) is 23.1 Å². The second kappa shape index (κ2) is 6.74. The van der Waals surface area contributed by atoms with Crippen LogP contribution < -0.4 is 25.0 Å². The molecule has 1 aromatic rings. The zero-order valence-electron chi connectivity index (χ0n) is 12.6. The molecule has 3 N–H and O–H groups in total. The number of hydrogen-bond acceptors (Lipinski definition) is 5. The van der Waals surface area contributed by atoms with Gasteiger partial charge in [0.2, 0.25) is 5.91 Å². The molecule has 1 saturated heterocycles. The molecule has 2 aliphatic heterocycles. The van der Waals surface area contributed by atoms with Gasteiger partial charge in [-0.15, -0.1) is 0 Å². The van der Waals surface area contributed by atoms with Crippen molar-refractivity contribution in [3.05, 3.63) is 18.2 Å². The highest BCUT2D eigenvalue weighted by atomic mass is 16.6. The maximum Gasteiger partial charge on any atom is 0.315 e. The highest BCUT2D eigenvalue weighted by molar-refractivity contribution is 5.97. The monoisotopic (exact) mass is 321 g/mol. The average Bonchev–Trinajstić information content (AvgIpc) is 2.92. The van der Waals surface area contributed by atoms with E-state index in [0.29, 0.717) is 31.3 Å². The zero-order chi connectivity index (χ0) is 16.2. The molecule has 3 rings (SSSR count). The Labute approximate surface area is 133 Å². The number of carbonyl (C=O) groups excluding carboxylic acids is 2. The lowest BCUT2D eigenvalue weighted by Crippen LogP contribution is -2.44. The van der Waals surface area contributed by atoms with Crippen LogP contribution in [0.3, 0.4) is 0 Å². The number of benzene rings is 1. The Bertz CT molecular complexity index is 607. The van der Waals surface area contributed by atoms with Gasteiger partial charge in [0.1, 0.15) is 13.2 Å². The molecule has 8 nitrogen and oxygen atoms in total. The van der Waals surface area contributed by atoms with Crippen LogP contribution in [0.5, 0.6) is 11.5 Å². The Morgan fingerprint density at radius 1 is 1.30 bits per heavy atom. The largest absolute Gasteiger partial charge is 0.486 e. The predicted molar refractivity (Wildman–Crippen MR) is 81.8 cm³/mol. The van der Waals surface area contributed by atoms with Crippen molar-refractivity contribution in [2.24, 2.45) is 0 Å². The molecule has 23 heavy (non-hydrogen) atoms. The van der Waals surface area contributed by atoms with Crippen LogP contribution >= 0.6 is 0 Å². The molecular formula is C15H19N3O5. The maximum atomic E-state index is 12.2. The molecule has 0 spiro atoms. The molecule has 1 atom stereocenters. The second-order valence-electron chi connectivity index (χ2n) is 5.36. The van der Waals surface area contributed by atoms with E-state index < -0.39 is 0 Å². The summed E-state index contributed by atoms with van der Waals surface area (Å²) in [5.41, 5.74) is 0.722. The van der Waals surface area contributed by atoms with Crippen LogP contribution in [-0.2, 0) is 4.79 Å². The lowest BCUT2D eigenvalue weighted by atomic mass is 10.2. The summed E-state index contributed by atoms with van der Waals surface area (Å²) < 4.78 is 11.0. The fraction of sp³-hybridized carbons (Fsp3) is 0.467. The summed E-state index contributed by atoms with van der Waals surface area (Å²) in [7, 11) is 0. The van der Waals surface area contributed by atoms with Crippen LogP contribution in [0.15, 0.2) is 18.2 Å². The number of aliphatic hydroxyl groups excluding tert-OH is 1. The minimum absolute atomic E-state index is 0.0610. The van der Waals surface area contributed by atoms with E-state index >= 15 is 0 Å². The highest BCUT2D eigenvalue weighted by Crippen LogP contribution is 2.35. The van der Waals surface area contributed by atoms with Crippen molar-refractivity contribution in [1.82, 2.24) is 10.6 Å². The number of aliphatic hydroxyl groups is 1. The molecule has 0 unspecified atom stereocenters. The van der Waals surface area contributed by atoms with Gasteiger partial charge in [-0.05, 0) is 12.1 Å². The molecule has 0 aliphatic carbocycles. The van der Waals surface area contributed by atoms with E-state index in [1.165, 1.54) is 0 Å². The molecule has 2 aliphatic rings. The topological polar surface area (TPSA) is 100 Å². The standard InChI is InChI=1S/C15H19N3O5/c19-4-3-16-15(21)17-10-7-14(20)18(9-10)11-1-2-12-13(8-11)23-6-5-22-12/h1-2,8,10,19H,3-7,9H2,(H2,16,17,21)/t10-/m1/s1. The van der Waals surface area contributed by atoms with Crippen LogP contribution in [0.25, 0.3) is 0 Å². The van der Waals surface area contributed by atoms with E-state index in [1.807, 2.05) is 0 Å². The lowest BCUT2D eigenvalue weighted by Gasteiger charge is -2.22. The third-order valence-electron chi connectivity index (χ3n) is 3.70. The first kappa shape index (κ1) is 15.4. The van der Waals surface area contributed by atoms with Gasteiger partial charge in [0.15, 0.2) is 11.5 Å². The van der Waals surface area contributed by atoms with Gasteiger partial charge in [-0.25, -0.2) is 4.79 Å². The predicted octanol–water partition coefficient (Wildman–Crippen LogP) is -0.145. The Balaban J connectivity index is 1.65. The Kier molecular flexibility index (Phi) is 4.52. The summed E-state index contributed by atoms with van der Waals surface area (Å²) >= 11 is 0. The van der Waals surface area contributed by atoms with Crippen LogP contribution in [0.2, 0.25) is 0 Å². The summed E-state index contributed by atoms with van der Waals surface area (Å²) in [6.07, 6.45) is 0.237. The first-order chi connectivity index (χ1) is 11.2. The molecule has 2 heterocycles. The van der Waals surface area contributed by atoms with Crippen LogP contribution in [0, 0.1) is 0 Å². The van der Waals surface area contributed by atoms with E-state index in [4.69, 9.17) is 14.6 Å². The molecule has 0 bridgehead atoms. The fourth-order valence-corrected chi connectivity index (χ4v) is 2.66. The van der Waals surface area contributed by atoms with Crippen molar-refractivity contribution in [2.75, 3.05) is 37.8 Å². The number of hydrogen-bond donors (Lipinski definition) is 3. The number of nitrogens with one attached hydrogen (secondary N) is 2. The van der Waals surface area contributed by atoms with Gasteiger partial charge < -0.3 is 30.1 Å². The minimum atomic E-state index is -0.388. The van der Waals surface area contributed by atoms with Gasteiger partial charge in [0.25, 0.3) is 0 Å². The van der Waals surface area contributed by atoms with Crippen LogP contribution in [0.4, 0.5) is 10.5 Å². The van der Waals surface area contributed by atoms with Gasteiger partial charge in [0, 0.05) is 31.3 Å². The van der Waals surface area contributed by atoms with Crippen molar-refractivity contribution >= 4 is 17.6 Å². The van der Waals surface area contributed by atoms with Gasteiger partial charge in [-0.2, -0.15) is 0 Å². The summed E-state index contributed by atoms with van der Waals surface area (Å²) in [5, 5.41) is 13.9. The first-order valence-electron chi connectivity index (χ1n) is 7.52. The van der Waals surface area contributed by atoms with Gasteiger partial charge in [-0.3, -0.25) is 4.79 Å².